The van der Waals surface area contributed by atoms with Crippen molar-refractivity contribution in [1.82, 2.24) is 20.0 Å². The van der Waals surface area contributed by atoms with Gasteiger partial charge in [-0.05, 0) is 22.9 Å². The number of aromatic amines is 1. The van der Waals surface area contributed by atoms with Crippen molar-refractivity contribution >= 4 is 39.1 Å². The van der Waals surface area contributed by atoms with Gasteiger partial charge in [0.15, 0.2) is 0 Å². The van der Waals surface area contributed by atoms with Crippen LogP contribution >= 0.6 is 39.1 Å². The van der Waals surface area contributed by atoms with E-state index in [1.54, 1.807) is 13.1 Å². The molecule has 0 saturated heterocycles. The Morgan fingerprint density at radius 2 is 2.19 bits per heavy atom. The van der Waals surface area contributed by atoms with Crippen molar-refractivity contribution < 1.29 is 0 Å². The molecule has 84 valence electrons. The molecule has 0 spiro atoms. The quantitative estimate of drug-likeness (QED) is 0.876. The van der Waals surface area contributed by atoms with Crippen LogP contribution in [0.1, 0.15) is 5.69 Å². The van der Waals surface area contributed by atoms with E-state index in [9.17, 15) is 4.79 Å². The van der Waals surface area contributed by atoms with Crippen LogP contribution < -0.4 is 5.43 Å². The summed E-state index contributed by atoms with van der Waals surface area (Å²) in [4.78, 5) is 11.7. The lowest BCUT2D eigenvalue weighted by molar-refractivity contribution is 0.795. The van der Waals surface area contributed by atoms with Crippen molar-refractivity contribution in [3.8, 4) is 5.82 Å². The molecule has 2 rings (SSSR count). The summed E-state index contributed by atoms with van der Waals surface area (Å²) in [7, 11) is 0. The van der Waals surface area contributed by atoms with Gasteiger partial charge in [-0.15, -0.1) is 0 Å². The van der Waals surface area contributed by atoms with Crippen LogP contribution in [0.3, 0.4) is 0 Å². The molecule has 0 radical (unpaired) electrons. The van der Waals surface area contributed by atoms with E-state index in [2.05, 4.69) is 31.2 Å². The zero-order valence-corrected chi connectivity index (χ0v) is 11.1. The van der Waals surface area contributed by atoms with Gasteiger partial charge in [0, 0.05) is 6.20 Å². The van der Waals surface area contributed by atoms with E-state index >= 15 is 0 Å². The molecule has 0 aliphatic heterocycles. The second kappa shape index (κ2) is 4.20. The van der Waals surface area contributed by atoms with E-state index in [1.165, 1.54) is 4.68 Å². The first kappa shape index (κ1) is 11.6. The summed E-state index contributed by atoms with van der Waals surface area (Å²) in [6, 6.07) is 0. The summed E-state index contributed by atoms with van der Waals surface area (Å²) in [5.74, 6) is 0.0724. The van der Waals surface area contributed by atoms with Crippen molar-refractivity contribution in [1.29, 1.82) is 0 Å². The lowest BCUT2D eigenvalue weighted by Gasteiger charge is -2.00. The van der Waals surface area contributed by atoms with Gasteiger partial charge in [0.2, 0.25) is 11.2 Å². The third-order valence-corrected chi connectivity index (χ3v) is 3.42. The Bertz CT molecular complexity index is 587. The number of H-pyrrole nitrogens is 1. The van der Waals surface area contributed by atoms with Crippen LogP contribution in [0.4, 0.5) is 0 Å². The fourth-order valence-corrected chi connectivity index (χ4v) is 1.63. The molecule has 5 nitrogen and oxygen atoms in total. The first-order valence-electron chi connectivity index (χ1n) is 4.16. The van der Waals surface area contributed by atoms with Gasteiger partial charge in [-0.2, -0.15) is 10.2 Å². The maximum absolute atomic E-state index is 11.7. The lowest BCUT2D eigenvalue weighted by atomic mass is 10.5. The van der Waals surface area contributed by atoms with Gasteiger partial charge in [0.25, 0.3) is 0 Å². The molecule has 0 unspecified atom stereocenters. The number of hydrogen-bond acceptors (Lipinski definition) is 3. The molecule has 2 aromatic rings. The monoisotopic (exact) mass is 322 g/mol. The van der Waals surface area contributed by atoms with E-state index < -0.39 is 5.43 Å². The standard InChI is InChI=1S/C8H5BrCl2N4O/c1-3-4(9)2-15(14-3)8-6(16)5(10)7(11)12-13-8/h2H,1H3,(H,12,16). The molecule has 0 aliphatic rings. The Morgan fingerprint density at radius 1 is 1.50 bits per heavy atom. The summed E-state index contributed by atoms with van der Waals surface area (Å²) in [5.41, 5.74) is 0.271. The molecule has 0 saturated carbocycles. The van der Waals surface area contributed by atoms with Crippen LogP contribution in [0.25, 0.3) is 5.82 Å². The van der Waals surface area contributed by atoms with Crippen molar-refractivity contribution in [2.75, 3.05) is 0 Å². The third kappa shape index (κ3) is 1.88. The molecule has 16 heavy (non-hydrogen) atoms. The van der Waals surface area contributed by atoms with E-state index in [-0.39, 0.29) is 16.0 Å². The zero-order chi connectivity index (χ0) is 11.9. The lowest BCUT2D eigenvalue weighted by Crippen LogP contribution is -2.16. The van der Waals surface area contributed by atoms with E-state index in [0.717, 1.165) is 10.2 Å². The highest BCUT2D eigenvalue weighted by atomic mass is 79.9. The first-order chi connectivity index (χ1) is 7.50. The Kier molecular flexibility index (Phi) is 3.05. The summed E-state index contributed by atoms with van der Waals surface area (Å²) < 4.78 is 2.11. The summed E-state index contributed by atoms with van der Waals surface area (Å²) in [5, 5.41) is 10.2. The molecule has 0 aliphatic carbocycles. The van der Waals surface area contributed by atoms with Crippen molar-refractivity contribution in [2.24, 2.45) is 0 Å². The molecule has 0 amide bonds. The number of hydrogen-bond donors (Lipinski definition) is 1. The molecule has 0 fully saturated rings. The molecule has 0 atom stereocenters. The maximum atomic E-state index is 11.7. The molecular formula is C8H5BrCl2N4O. The van der Waals surface area contributed by atoms with Crippen LogP contribution in [0.15, 0.2) is 15.5 Å². The molecule has 0 aromatic carbocycles. The normalized spacial score (nSPS) is 10.8. The number of halogens is 3. The Balaban J connectivity index is 2.66. The highest BCUT2D eigenvalue weighted by Crippen LogP contribution is 2.17. The van der Waals surface area contributed by atoms with Crippen molar-refractivity contribution in [3.63, 3.8) is 0 Å². The van der Waals surface area contributed by atoms with Gasteiger partial charge in [-0.1, -0.05) is 23.2 Å². The second-order valence-corrected chi connectivity index (χ2v) is 4.62. The number of nitrogens with one attached hydrogen (secondary N) is 1. The summed E-state index contributed by atoms with van der Waals surface area (Å²) >= 11 is 14.6. The minimum absolute atomic E-state index is 0.0124. The average Bonchev–Trinajstić information content (AvgIpc) is 2.56. The van der Waals surface area contributed by atoms with Gasteiger partial charge >= 0.3 is 0 Å². The van der Waals surface area contributed by atoms with Gasteiger partial charge in [0.1, 0.15) is 10.2 Å². The Labute approximate surface area is 109 Å². The van der Waals surface area contributed by atoms with Crippen LogP contribution in [0.2, 0.25) is 10.2 Å². The number of aryl methyl sites for hydroxylation is 1. The molecule has 8 heteroatoms. The number of aromatic nitrogens is 4. The Hall–Kier alpha value is -0.850. The zero-order valence-electron chi connectivity index (χ0n) is 7.96. The molecular weight excluding hydrogens is 319 g/mol. The van der Waals surface area contributed by atoms with Gasteiger partial charge in [-0.3, -0.25) is 9.89 Å². The summed E-state index contributed by atoms with van der Waals surface area (Å²) in [6.07, 6.45) is 1.62. The van der Waals surface area contributed by atoms with Crippen molar-refractivity contribution in [3.05, 3.63) is 36.8 Å². The molecule has 2 aromatic heterocycles. The summed E-state index contributed by atoms with van der Waals surface area (Å²) in [6.45, 7) is 1.80. The van der Waals surface area contributed by atoms with Crippen LogP contribution in [0.5, 0.6) is 0 Å². The smallest absolute Gasteiger partial charge is 0.246 e. The minimum Gasteiger partial charge on any atom is -0.284 e. The minimum atomic E-state index is -0.472. The first-order valence-corrected chi connectivity index (χ1v) is 5.71. The van der Waals surface area contributed by atoms with E-state index in [1.807, 2.05) is 0 Å². The fourth-order valence-electron chi connectivity index (χ4n) is 1.10. The van der Waals surface area contributed by atoms with Crippen molar-refractivity contribution in [2.45, 2.75) is 6.92 Å². The highest BCUT2D eigenvalue weighted by Gasteiger charge is 2.13. The average molecular weight is 324 g/mol. The van der Waals surface area contributed by atoms with Gasteiger partial charge in [0.05, 0.1) is 10.2 Å². The predicted octanol–water partition coefficient (Wildman–Crippen LogP) is 2.33. The third-order valence-electron chi connectivity index (χ3n) is 1.91. The van der Waals surface area contributed by atoms with E-state index in [0.29, 0.717) is 0 Å². The topological polar surface area (TPSA) is 63.6 Å². The SMILES string of the molecule is Cc1nn(-c2n[nH]c(Cl)c(Cl)c2=O)cc1Br. The van der Waals surface area contributed by atoms with Gasteiger partial charge < -0.3 is 0 Å². The molecule has 1 N–H and O–H groups in total. The number of nitrogens with zero attached hydrogens (tertiary/aromatic N) is 3. The Morgan fingerprint density at radius 3 is 2.75 bits per heavy atom. The van der Waals surface area contributed by atoms with Crippen LogP contribution in [-0.4, -0.2) is 20.0 Å². The van der Waals surface area contributed by atoms with E-state index in [4.69, 9.17) is 23.2 Å². The van der Waals surface area contributed by atoms with Gasteiger partial charge in [-0.25, -0.2) is 4.68 Å². The maximum Gasteiger partial charge on any atom is 0.246 e. The molecule has 0 bridgehead atoms. The largest absolute Gasteiger partial charge is 0.284 e. The predicted molar refractivity (Wildman–Crippen MR) is 64.4 cm³/mol. The number of rotatable bonds is 1. The second-order valence-electron chi connectivity index (χ2n) is 3.01. The van der Waals surface area contributed by atoms with Crippen LogP contribution in [-0.2, 0) is 0 Å². The fraction of sp³-hybridized carbons (Fsp3) is 0.125. The highest BCUT2D eigenvalue weighted by molar-refractivity contribution is 9.10. The molecule has 2 heterocycles. The van der Waals surface area contributed by atoms with Crippen LogP contribution in [0, 0.1) is 6.92 Å².